The number of thiophene rings is 1. The lowest BCUT2D eigenvalue weighted by Crippen LogP contribution is -2.49. The molecule has 4 rings (SSSR count). The fourth-order valence-corrected chi connectivity index (χ4v) is 4.42. The monoisotopic (exact) mass is 521 g/mol. The number of fused-ring (bicyclic) bond motifs is 1. The highest BCUT2D eigenvalue weighted by atomic mass is 32.1. The average Bonchev–Trinajstić information content (AvgIpc) is 3.37. The Balaban J connectivity index is 1.41. The van der Waals surface area contributed by atoms with Gasteiger partial charge in [0.1, 0.15) is 25.1 Å². The zero-order valence-electron chi connectivity index (χ0n) is 19.9. The number of nitrogens with zero attached hydrogens (tertiary/aromatic N) is 1. The van der Waals surface area contributed by atoms with E-state index in [9.17, 15) is 18.8 Å². The molecule has 10 heteroatoms. The lowest BCUT2D eigenvalue weighted by molar-refractivity contribution is -0.147. The van der Waals surface area contributed by atoms with E-state index in [1.54, 1.807) is 37.3 Å². The smallest absolute Gasteiger partial charge is 0.408 e. The number of aromatic nitrogens is 1. The maximum Gasteiger partial charge on any atom is 0.408 e. The Kier molecular flexibility index (Phi) is 8.42. The number of alkyl carbamates (subject to hydrolysis) is 1. The number of amides is 2. The fraction of sp³-hybridized carbons (Fsp3) is 0.185. The molecule has 0 spiro atoms. The van der Waals surface area contributed by atoms with Crippen molar-refractivity contribution in [2.75, 3.05) is 6.54 Å². The molecule has 0 bridgehead atoms. The van der Waals surface area contributed by atoms with Crippen LogP contribution in [-0.4, -0.2) is 35.5 Å². The number of ether oxygens (including phenoxy) is 2. The minimum Gasteiger partial charge on any atom is -0.459 e. The molecule has 2 heterocycles. The van der Waals surface area contributed by atoms with Crippen molar-refractivity contribution in [3.05, 3.63) is 100 Å². The lowest BCUT2D eigenvalue weighted by Gasteiger charge is -2.18. The topological polar surface area (TPSA) is 107 Å². The number of rotatable bonds is 9. The average molecular weight is 522 g/mol. The van der Waals surface area contributed by atoms with E-state index in [0.29, 0.717) is 20.7 Å². The Morgan fingerprint density at radius 1 is 0.973 bits per heavy atom. The van der Waals surface area contributed by atoms with E-state index in [1.165, 1.54) is 0 Å². The molecule has 0 saturated heterocycles. The summed E-state index contributed by atoms with van der Waals surface area (Å²) >= 11 is 1.09. The number of hydrogen-bond donors (Lipinski definition) is 2. The first-order valence-electron chi connectivity index (χ1n) is 11.4. The van der Waals surface area contributed by atoms with Crippen LogP contribution in [-0.2, 0) is 27.5 Å². The molecule has 2 N–H and O–H groups in total. The van der Waals surface area contributed by atoms with Gasteiger partial charge in [-0.25, -0.2) is 14.0 Å². The van der Waals surface area contributed by atoms with Crippen molar-refractivity contribution in [2.45, 2.75) is 26.2 Å². The van der Waals surface area contributed by atoms with Crippen LogP contribution in [0.25, 0.3) is 10.2 Å². The number of esters is 1. The SMILES string of the molecule is Cc1c(F)cnc2cc(C(=O)NCC(NC(=O)OCc3ccccc3)C(=O)OCc3ccccc3)sc12. The summed E-state index contributed by atoms with van der Waals surface area (Å²) in [6, 6.07) is 18.5. The van der Waals surface area contributed by atoms with E-state index >= 15 is 0 Å². The largest absolute Gasteiger partial charge is 0.459 e. The molecule has 0 saturated carbocycles. The number of hydrogen-bond acceptors (Lipinski definition) is 7. The zero-order chi connectivity index (χ0) is 26.2. The molecule has 2 amide bonds. The van der Waals surface area contributed by atoms with Crippen LogP contribution >= 0.6 is 11.3 Å². The van der Waals surface area contributed by atoms with Gasteiger partial charge in [-0.05, 0) is 24.1 Å². The highest BCUT2D eigenvalue weighted by molar-refractivity contribution is 7.21. The van der Waals surface area contributed by atoms with Gasteiger partial charge in [-0.15, -0.1) is 11.3 Å². The Bertz CT molecular complexity index is 1400. The molecule has 0 aliphatic rings. The molecule has 1 unspecified atom stereocenters. The van der Waals surface area contributed by atoms with E-state index in [-0.39, 0.29) is 19.8 Å². The molecule has 1 atom stereocenters. The zero-order valence-corrected chi connectivity index (χ0v) is 20.7. The van der Waals surface area contributed by atoms with Gasteiger partial charge in [0.05, 0.1) is 21.3 Å². The summed E-state index contributed by atoms with van der Waals surface area (Å²) in [6.07, 6.45) is 0.271. The van der Waals surface area contributed by atoms with Gasteiger partial charge in [-0.2, -0.15) is 0 Å². The van der Waals surface area contributed by atoms with Crippen molar-refractivity contribution >= 4 is 39.5 Å². The minimum atomic E-state index is -1.21. The van der Waals surface area contributed by atoms with Gasteiger partial charge in [0.2, 0.25) is 0 Å². The third kappa shape index (κ3) is 6.89. The molecular weight excluding hydrogens is 497 g/mol. The number of benzene rings is 2. The minimum absolute atomic E-state index is 0.00229. The summed E-state index contributed by atoms with van der Waals surface area (Å²) in [4.78, 5) is 42.3. The predicted molar refractivity (Wildman–Crippen MR) is 136 cm³/mol. The van der Waals surface area contributed by atoms with Crippen LogP contribution in [0.1, 0.15) is 26.4 Å². The van der Waals surface area contributed by atoms with Crippen LogP contribution in [0, 0.1) is 12.7 Å². The van der Waals surface area contributed by atoms with Crippen LogP contribution in [0.5, 0.6) is 0 Å². The van der Waals surface area contributed by atoms with Crippen molar-refractivity contribution in [3.63, 3.8) is 0 Å². The molecule has 190 valence electrons. The molecule has 37 heavy (non-hydrogen) atoms. The molecule has 0 aliphatic heterocycles. The molecule has 8 nitrogen and oxygen atoms in total. The highest BCUT2D eigenvalue weighted by Gasteiger charge is 2.25. The maximum atomic E-state index is 13.8. The number of pyridine rings is 1. The first kappa shape index (κ1) is 25.8. The molecular formula is C27H24FN3O5S. The van der Waals surface area contributed by atoms with Crippen molar-refractivity contribution in [1.29, 1.82) is 0 Å². The van der Waals surface area contributed by atoms with E-state index in [2.05, 4.69) is 15.6 Å². The first-order valence-corrected chi connectivity index (χ1v) is 12.2. The Morgan fingerprint density at radius 3 is 2.24 bits per heavy atom. The van der Waals surface area contributed by atoms with Crippen molar-refractivity contribution in [2.24, 2.45) is 0 Å². The predicted octanol–water partition coefficient (Wildman–Crippen LogP) is 4.51. The highest BCUT2D eigenvalue weighted by Crippen LogP contribution is 2.28. The Morgan fingerprint density at radius 2 is 1.59 bits per heavy atom. The maximum absolute atomic E-state index is 13.8. The third-order valence-corrected chi connectivity index (χ3v) is 6.67. The summed E-state index contributed by atoms with van der Waals surface area (Å²) in [5.41, 5.74) is 2.44. The molecule has 4 aromatic rings. The summed E-state index contributed by atoms with van der Waals surface area (Å²) < 4.78 is 25.0. The summed E-state index contributed by atoms with van der Waals surface area (Å²) in [7, 11) is 0. The van der Waals surface area contributed by atoms with Gasteiger partial charge in [-0.1, -0.05) is 60.7 Å². The van der Waals surface area contributed by atoms with E-state index in [0.717, 1.165) is 28.7 Å². The van der Waals surface area contributed by atoms with Gasteiger partial charge in [0.15, 0.2) is 0 Å². The van der Waals surface area contributed by atoms with Crippen molar-refractivity contribution in [1.82, 2.24) is 15.6 Å². The fourth-order valence-electron chi connectivity index (χ4n) is 3.40. The van der Waals surface area contributed by atoms with Gasteiger partial charge in [0, 0.05) is 12.1 Å². The van der Waals surface area contributed by atoms with Gasteiger partial charge < -0.3 is 20.1 Å². The summed E-state index contributed by atoms with van der Waals surface area (Å²) in [6.45, 7) is 1.37. The number of aryl methyl sites for hydroxylation is 1. The number of halogens is 1. The molecule has 0 radical (unpaired) electrons. The van der Waals surface area contributed by atoms with Gasteiger partial charge in [0.25, 0.3) is 5.91 Å². The second-order valence-electron chi connectivity index (χ2n) is 8.12. The molecule has 0 fully saturated rings. The Labute approximate surface area is 216 Å². The summed E-state index contributed by atoms with van der Waals surface area (Å²) in [5, 5.41) is 5.10. The normalized spacial score (nSPS) is 11.5. The van der Waals surface area contributed by atoms with E-state index in [4.69, 9.17) is 9.47 Å². The first-order chi connectivity index (χ1) is 17.9. The van der Waals surface area contributed by atoms with Crippen molar-refractivity contribution in [3.8, 4) is 0 Å². The van der Waals surface area contributed by atoms with Crippen LogP contribution in [0.15, 0.2) is 72.9 Å². The third-order valence-electron chi connectivity index (χ3n) is 5.43. The van der Waals surface area contributed by atoms with Crippen LogP contribution in [0.2, 0.25) is 0 Å². The van der Waals surface area contributed by atoms with Gasteiger partial charge in [-0.3, -0.25) is 9.78 Å². The number of carbonyl (C=O) groups is 3. The quantitative estimate of drug-likeness (QED) is 0.314. The summed E-state index contributed by atoms with van der Waals surface area (Å²) in [5.74, 6) is -1.69. The second-order valence-corrected chi connectivity index (χ2v) is 9.17. The van der Waals surface area contributed by atoms with E-state index < -0.39 is 29.8 Å². The second kappa shape index (κ2) is 12.1. The lowest BCUT2D eigenvalue weighted by atomic mass is 10.2. The molecule has 2 aromatic carbocycles. The number of nitrogens with one attached hydrogen (secondary N) is 2. The van der Waals surface area contributed by atoms with Crippen LogP contribution in [0.3, 0.4) is 0 Å². The van der Waals surface area contributed by atoms with Crippen molar-refractivity contribution < 1.29 is 28.2 Å². The standard InChI is InChI=1S/C27H24FN3O5S/c1-17-20(28)13-29-21-12-23(37-24(17)21)25(32)30-14-22(26(33)35-15-18-8-4-2-5-9-18)31-27(34)36-16-19-10-6-3-7-11-19/h2-13,22H,14-16H2,1H3,(H,30,32)(H,31,34). The van der Waals surface area contributed by atoms with Crippen LogP contribution in [0.4, 0.5) is 9.18 Å². The van der Waals surface area contributed by atoms with Crippen LogP contribution < -0.4 is 10.6 Å². The van der Waals surface area contributed by atoms with Gasteiger partial charge >= 0.3 is 12.1 Å². The molecule has 2 aromatic heterocycles. The molecule has 0 aliphatic carbocycles. The number of carbonyl (C=O) groups excluding carboxylic acids is 3. The van der Waals surface area contributed by atoms with E-state index in [1.807, 2.05) is 36.4 Å². The Hall–Kier alpha value is -4.31.